The number of fused-ring (bicyclic) bond motifs is 2. The molecule has 0 amide bonds. The zero-order valence-electron chi connectivity index (χ0n) is 16.8. The average molecular weight is 557 g/mol. The first-order valence-corrected chi connectivity index (χ1v) is 11.4. The second-order valence-corrected chi connectivity index (χ2v) is 9.21. The van der Waals surface area contributed by atoms with Crippen molar-refractivity contribution in [2.75, 3.05) is 0 Å². The van der Waals surface area contributed by atoms with Gasteiger partial charge in [-0.1, -0.05) is 51.3 Å². The summed E-state index contributed by atoms with van der Waals surface area (Å²) in [4.78, 5) is 17.2. The van der Waals surface area contributed by atoms with Crippen molar-refractivity contribution in [3.8, 4) is 11.1 Å². The van der Waals surface area contributed by atoms with Crippen LogP contribution in [0.4, 0.5) is 0 Å². The SMILES string of the molecule is Brc1cc(Br)c2nccnc2c1.Cc1ccc(C)c(-c2cc(Cl)cc3nccnc23)c1. The van der Waals surface area contributed by atoms with Crippen molar-refractivity contribution in [1.82, 2.24) is 19.9 Å². The largest absolute Gasteiger partial charge is 0.253 e. The minimum Gasteiger partial charge on any atom is -0.253 e. The summed E-state index contributed by atoms with van der Waals surface area (Å²) in [6, 6.07) is 14.1. The molecule has 2 aromatic heterocycles. The fourth-order valence-corrected chi connectivity index (χ4v) is 4.79. The van der Waals surface area contributed by atoms with Gasteiger partial charge in [-0.2, -0.15) is 0 Å². The second-order valence-electron chi connectivity index (χ2n) is 7.01. The molecule has 0 saturated carbocycles. The molecule has 0 fully saturated rings. The molecule has 5 aromatic rings. The maximum atomic E-state index is 6.20. The van der Waals surface area contributed by atoms with Crippen LogP contribution in [-0.2, 0) is 0 Å². The lowest BCUT2D eigenvalue weighted by molar-refractivity contribution is 1.28. The number of hydrogen-bond acceptors (Lipinski definition) is 4. The highest BCUT2D eigenvalue weighted by Gasteiger charge is 2.10. The third-order valence-electron chi connectivity index (χ3n) is 4.71. The highest BCUT2D eigenvalue weighted by Crippen LogP contribution is 2.32. The van der Waals surface area contributed by atoms with E-state index in [9.17, 15) is 0 Å². The standard InChI is InChI=1S/C16H13ClN2.C8H4Br2N2/c1-10-3-4-11(2)13(7-10)14-8-12(17)9-15-16(14)19-6-5-18-15;9-5-3-6(10)8-7(4-5)11-1-2-12-8/h3-9H,1-2H3;1-4H. The Morgan fingerprint density at radius 3 is 2.06 bits per heavy atom. The Kier molecular flexibility index (Phi) is 6.60. The quantitative estimate of drug-likeness (QED) is 0.212. The number of hydrogen-bond donors (Lipinski definition) is 0. The fourth-order valence-electron chi connectivity index (χ4n) is 3.27. The van der Waals surface area contributed by atoms with Crippen LogP contribution in [0.25, 0.3) is 33.2 Å². The first kappa shape index (κ1) is 21.8. The Bertz CT molecular complexity index is 1410. The van der Waals surface area contributed by atoms with Crippen LogP contribution in [0.5, 0.6) is 0 Å². The molecular weight excluding hydrogens is 540 g/mol. The topological polar surface area (TPSA) is 51.6 Å². The molecule has 0 saturated heterocycles. The number of nitrogens with zero attached hydrogens (tertiary/aromatic N) is 4. The molecule has 31 heavy (non-hydrogen) atoms. The monoisotopic (exact) mass is 554 g/mol. The van der Waals surface area contributed by atoms with Crippen LogP contribution in [-0.4, -0.2) is 19.9 Å². The molecule has 2 heterocycles. The lowest BCUT2D eigenvalue weighted by atomic mass is 9.97. The highest BCUT2D eigenvalue weighted by molar-refractivity contribution is 9.11. The zero-order valence-corrected chi connectivity index (χ0v) is 20.7. The van der Waals surface area contributed by atoms with Crippen molar-refractivity contribution in [3.05, 3.63) is 92.3 Å². The van der Waals surface area contributed by atoms with Gasteiger partial charge in [-0.05, 0) is 65.2 Å². The molecule has 0 aliphatic carbocycles. The summed E-state index contributed by atoms with van der Waals surface area (Å²) in [5.41, 5.74) is 8.12. The van der Waals surface area contributed by atoms with Crippen LogP contribution in [0.15, 0.2) is 76.2 Å². The van der Waals surface area contributed by atoms with Crippen LogP contribution >= 0.6 is 43.5 Å². The molecule has 0 atom stereocenters. The fraction of sp³-hybridized carbons (Fsp3) is 0.0833. The third kappa shape index (κ3) is 4.92. The Morgan fingerprint density at radius 1 is 0.677 bits per heavy atom. The molecule has 154 valence electrons. The van der Waals surface area contributed by atoms with E-state index in [0.717, 1.165) is 42.1 Å². The van der Waals surface area contributed by atoms with E-state index in [1.165, 1.54) is 11.1 Å². The maximum Gasteiger partial charge on any atom is 0.103 e. The Morgan fingerprint density at radius 2 is 1.32 bits per heavy atom. The van der Waals surface area contributed by atoms with Crippen LogP contribution in [0.2, 0.25) is 5.02 Å². The number of aromatic nitrogens is 4. The molecule has 3 aromatic carbocycles. The smallest absolute Gasteiger partial charge is 0.103 e. The molecule has 0 bridgehead atoms. The van der Waals surface area contributed by atoms with Crippen LogP contribution in [0.3, 0.4) is 0 Å². The predicted molar refractivity (Wildman–Crippen MR) is 134 cm³/mol. The van der Waals surface area contributed by atoms with E-state index in [1.807, 2.05) is 24.3 Å². The van der Waals surface area contributed by atoms with Crippen molar-refractivity contribution in [1.29, 1.82) is 0 Å². The van der Waals surface area contributed by atoms with Gasteiger partial charge in [-0.15, -0.1) is 0 Å². The molecule has 4 nitrogen and oxygen atoms in total. The first-order valence-electron chi connectivity index (χ1n) is 9.46. The normalized spacial score (nSPS) is 10.7. The van der Waals surface area contributed by atoms with E-state index in [-0.39, 0.29) is 0 Å². The Labute approximate surface area is 202 Å². The summed E-state index contributed by atoms with van der Waals surface area (Å²) in [5.74, 6) is 0. The van der Waals surface area contributed by atoms with E-state index in [2.05, 4.69) is 83.8 Å². The maximum absolute atomic E-state index is 6.20. The Balaban J connectivity index is 0.000000166. The summed E-state index contributed by atoms with van der Waals surface area (Å²) in [7, 11) is 0. The van der Waals surface area contributed by atoms with Crippen molar-refractivity contribution >= 4 is 65.5 Å². The number of aryl methyl sites for hydroxylation is 2. The van der Waals surface area contributed by atoms with Gasteiger partial charge >= 0.3 is 0 Å². The molecular formula is C24H17Br2ClN4. The predicted octanol–water partition coefficient (Wildman–Crippen LogP) is 7.72. The summed E-state index contributed by atoms with van der Waals surface area (Å²) < 4.78 is 1.96. The zero-order chi connectivity index (χ0) is 22.0. The molecule has 7 heteroatoms. The van der Waals surface area contributed by atoms with Gasteiger partial charge in [-0.3, -0.25) is 19.9 Å². The number of halogens is 3. The van der Waals surface area contributed by atoms with Gasteiger partial charge in [0.2, 0.25) is 0 Å². The van der Waals surface area contributed by atoms with Gasteiger partial charge in [0, 0.05) is 44.3 Å². The van der Waals surface area contributed by atoms with E-state index >= 15 is 0 Å². The minimum atomic E-state index is 0.684. The van der Waals surface area contributed by atoms with Gasteiger partial charge < -0.3 is 0 Å². The molecule has 0 N–H and O–H groups in total. The molecule has 0 aliphatic rings. The van der Waals surface area contributed by atoms with E-state index in [1.54, 1.807) is 24.8 Å². The lowest BCUT2D eigenvalue weighted by Crippen LogP contribution is -1.90. The first-order chi connectivity index (χ1) is 14.9. The molecule has 0 radical (unpaired) electrons. The van der Waals surface area contributed by atoms with E-state index in [0.29, 0.717) is 5.02 Å². The molecule has 0 unspecified atom stereocenters. The summed E-state index contributed by atoms with van der Waals surface area (Å²) in [6.45, 7) is 4.18. The highest BCUT2D eigenvalue weighted by atomic mass is 79.9. The molecule has 0 aliphatic heterocycles. The van der Waals surface area contributed by atoms with Crippen molar-refractivity contribution in [2.24, 2.45) is 0 Å². The van der Waals surface area contributed by atoms with Gasteiger partial charge in [-0.25, -0.2) is 0 Å². The summed E-state index contributed by atoms with van der Waals surface area (Å²) in [6.07, 6.45) is 6.76. The van der Waals surface area contributed by atoms with Crippen LogP contribution in [0, 0.1) is 13.8 Å². The van der Waals surface area contributed by atoms with Crippen LogP contribution < -0.4 is 0 Å². The average Bonchev–Trinajstić information content (AvgIpc) is 2.75. The van der Waals surface area contributed by atoms with Gasteiger partial charge in [0.1, 0.15) is 5.52 Å². The summed E-state index contributed by atoms with van der Waals surface area (Å²) >= 11 is 13.0. The van der Waals surface area contributed by atoms with Crippen molar-refractivity contribution in [3.63, 3.8) is 0 Å². The molecule has 5 rings (SSSR count). The lowest BCUT2D eigenvalue weighted by Gasteiger charge is -2.10. The van der Waals surface area contributed by atoms with Gasteiger partial charge in [0.15, 0.2) is 0 Å². The van der Waals surface area contributed by atoms with Gasteiger partial charge in [0.05, 0.1) is 16.6 Å². The second kappa shape index (κ2) is 9.39. The number of benzene rings is 3. The van der Waals surface area contributed by atoms with E-state index < -0.39 is 0 Å². The van der Waals surface area contributed by atoms with E-state index in [4.69, 9.17) is 11.6 Å². The number of rotatable bonds is 1. The van der Waals surface area contributed by atoms with Gasteiger partial charge in [0.25, 0.3) is 0 Å². The van der Waals surface area contributed by atoms with Crippen molar-refractivity contribution < 1.29 is 0 Å². The Hall–Kier alpha value is -2.41. The minimum absolute atomic E-state index is 0.684. The molecule has 0 spiro atoms. The van der Waals surface area contributed by atoms with Crippen molar-refractivity contribution in [2.45, 2.75) is 13.8 Å². The van der Waals surface area contributed by atoms with Crippen LogP contribution in [0.1, 0.15) is 11.1 Å². The third-order valence-corrected chi connectivity index (χ3v) is 5.99. The summed E-state index contributed by atoms with van der Waals surface area (Å²) in [5, 5.41) is 0.684.